The maximum atomic E-state index is 10.4. The van der Waals surface area contributed by atoms with E-state index in [0.29, 0.717) is 6.42 Å². The Morgan fingerprint density at radius 1 is 1.69 bits per heavy atom. The second-order valence-electron chi connectivity index (χ2n) is 2.78. The molecule has 0 fully saturated rings. The van der Waals surface area contributed by atoms with Crippen molar-refractivity contribution in [2.45, 2.75) is 12.5 Å². The lowest BCUT2D eigenvalue weighted by Crippen LogP contribution is -2.32. The summed E-state index contributed by atoms with van der Waals surface area (Å²) >= 11 is 0. The Morgan fingerprint density at radius 3 is 2.92 bits per heavy atom. The molecule has 4 nitrogen and oxygen atoms in total. The monoisotopic (exact) mass is 198 g/mol. The third-order valence-corrected chi connectivity index (χ3v) is 1.90. The largest absolute Gasteiger partial charge is 0.480 e. The molecule has 0 aromatic carbocycles. The maximum absolute atomic E-state index is 10.4. The summed E-state index contributed by atoms with van der Waals surface area (Å²) in [6.07, 6.45) is 3.61. The molecule has 5 heteroatoms. The first kappa shape index (κ1) is 10.1. The van der Waals surface area contributed by atoms with E-state index in [-0.39, 0.29) is 0 Å². The first-order chi connectivity index (χ1) is 6.09. The zero-order valence-electron chi connectivity index (χ0n) is 6.97. The van der Waals surface area contributed by atoms with Gasteiger partial charge in [0.1, 0.15) is 6.04 Å². The Balaban J connectivity index is 2.69. The summed E-state index contributed by atoms with van der Waals surface area (Å²) in [6, 6.07) is 0.995. The number of aliphatic carboxylic acids is 1. The fourth-order valence-corrected chi connectivity index (χ4v) is 1.26. The van der Waals surface area contributed by atoms with Gasteiger partial charge in [0.15, 0.2) is 0 Å². The predicted molar refractivity (Wildman–Crippen MR) is 52.9 cm³/mol. The number of aromatic nitrogens is 1. The van der Waals surface area contributed by atoms with Gasteiger partial charge in [0.2, 0.25) is 0 Å². The molecule has 0 aliphatic rings. The van der Waals surface area contributed by atoms with E-state index in [9.17, 15) is 4.79 Å². The van der Waals surface area contributed by atoms with Crippen molar-refractivity contribution in [2.75, 3.05) is 0 Å². The molecule has 0 saturated carbocycles. The van der Waals surface area contributed by atoms with Crippen LogP contribution in [0.5, 0.6) is 0 Å². The predicted octanol–water partition coefficient (Wildman–Crippen LogP) is -0.464. The molecule has 0 radical (unpaired) electrons. The van der Waals surface area contributed by atoms with Crippen LogP contribution in [0.25, 0.3) is 0 Å². The molecule has 13 heavy (non-hydrogen) atoms. The van der Waals surface area contributed by atoms with E-state index in [0.717, 1.165) is 10.9 Å². The number of nitrogens with zero attached hydrogens (tertiary/aromatic N) is 1. The van der Waals surface area contributed by atoms with Crippen LogP contribution in [0, 0.1) is 0 Å². The highest BCUT2D eigenvalue weighted by Gasteiger charge is 2.11. The number of carbonyl (C=O) groups is 1. The van der Waals surface area contributed by atoms with Crippen molar-refractivity contribution >= 4 is 20.5 Å². The van der Waals surface area contributed by atoms with Crippen molar-refractivity contribution in [2.24, 2.45) is 5.73 Å². The zero-order chi connectivity index (χ0) is 9.84. The summed E-state index contributed by atoms with van der Waals surface area (Å²) in [5.74, 6) is -0.992. The summed E-state index contributed by atoms with van der Waals surface area (Å²) in [5.41, 5.74) is 6.20. The Hall–Kier alpha value is -0.990. The van der Waals surface area contributed by atoms with Crippen LogP contribution >= 0.6 is 9.24 Å². The summed E-state index contributed by atoms with van der Waals surface area (Å²) in [5, 5.41) is 9.49. The third kappa shape index (κ3) is 3.09. The van der Waals surface area contributed by atoms with Gasteiger partial charge in [-0.25, -0.2) is 0 Å². The standard InChI is InChI=1S/C8H11N2O2P/c9-7(8(11)12)2-5-1-6(13)4-10-3-5/h1,3-4,7H,2,9,13H2,(H,11,12). The van der Waals surface area contributed by atoms with Crippen molar-refractivity contribution in [3.63, 3.8) is 0 Å². The van der Waals surface area contributed by atoms with Gasteiger partial charge < -0.3 is 10.8 Å². The van der Waals surface area contributed by atoms with E-state index in [1.165, 1.54) is 0 Å². The first-order valence-corrected chi connectivity index (χ1v) is 4.35. The van der Waals surface area contributed by atoms with Crippen LogP contribution in [0.15, 0.2) is 18.5 Å². The minimum absolute atomic E-state index is 0.310. The molecule has 0 spiro atoms. The highest BCUT2D eigenvalue weighted by atomic mass is 31.0. The fourth-order valence-electron chi connectivity index (χ4n) is 0.961. The lowest BCUT2D eigenvalue weighted by atomic mass is 10.1. The highest BCUT2D eigenvalue weighted by molar-refractivity contribution is 7.27. The van der Waals surface area contributed by atoms with Crippen LogP contribution in [0.1, 0.15) is 5.56 Å². The number of hydrogen-bond acceptors (Lipinski definition) is 3. The molecule has 0 aliphatic carbocycles. The van der Waals surface area contributed by atoms with E-state index in [1.54, 1.807) is 12.4 Å². The van der Waals surface area contributed by atoms with Crippen molar-refractivity contribution in [3.05, 3.63) is 24.0 Å². The maximum Gasteiger partial charge on any atom is 0.320 e. The van der Waals surface area contributed by atoms with Gasteiger partial charge in [-0.15, -0.1) is 9.24 Å². The van der Waals surface area contributed by atoms with Crippen molar-refractivity contribution < 1.29 is 9.90 Å². The molecule has 0 amide bonds. The molecule has 2 unspecified atom stereocenters. The van der Waals surface area contributed by atoms with Crippen molar-refractivity contribution in [3.8, 4) is 0 Å². The summed E-state index contributed by atoms with van der Waals surface area (Å²) in [6.45, 7) is 0. The molecule has 1 aromatic heterocycles. The highest BCUT2D eigenvalue weighted by Crippen LogP contribution is 2.00. The molecule has 1 heterocycles. The number of hydrogen-bond donors (Lipinski definition) is 2. The number of pyridine rings is 1. The molecule has 0 aliphatic heterocycles. The van der Waals surface area contributed by atoms with Crippen LogP contribution in [0.4, 0.5) is 0 Å². The summed E-state index contributed by atoms with van der Waals surface area (Å²) < 4.78 is 0. The molecule has 0 bridgehead atoms. The summed E-state index contributed by atoms with van der Waals surface area (Å²) in [7, 11) is 2.50. The molecule has 3 N–H and O–H groups in total. The van der Waals surface area contributed by atoms with Gasteiger partial charge in [0.25, 0.3) is 0 Å². The van der Waals surface area contributed by atoms with Gasteiger partial charge in [-0.1, -0.05) is 0 Å². The van der Waals surface area contributed by atoms with E-state index >= 15 is 0 Å². The molecule has 1 aromatic rings. The Kier molecular flexibility index (Phi) is 3.34. The average Bonchev–Trinajstić information content (AvgIpc) is 2.04. The smallest absolute Gasteiger partial charge is 0.320 e. The lowest BCUT2D eigenvalue weighted by Gasteiger charge is -2.05. The minimum atomic E-state index is -0.992. The molecular formula is C8H11N2O2P. The molecular weight excluding hydrogens is 187 g/mol. The van der Waals surface area contributed by atoms with Gasteiger partial charge in [0, 0.05) is 12.4 Å². The quantitative estimate of drug-likeness (QED) is 0.644. The van der Waals surface area contributed by atoms with Crippen LogP contribution in [0.3, 0.4) is 0 Å². The molecule has 2 atom stereocenters. The van der Waals surface area contributed by atoms with Crippen LogP contribution in [-0.2, 0) is 11.2 Å². The van der Waals surface area contributed by atoms with E-state index in [4.69, 9.17) is 10.8 Å². The van der Waals surface area contributed by atoms with Crippen LogP contribution in [0.2, 0.25) is 0 Å². The van der Waals surface area contributed by atoms with Crippen molar-refractivity contribution in [1.29, 1.82) is 0 Å². The molecule has 0 saturated heterocycles. The van der Waals surface area contributed by atoms with E-state index < -0.39 is 12.0 Å². The van der Waals surface area contributed by atoms with Crippen LogP contribution < -0.4 is 11.0 Å². The minimum Gasteiger partial charge on any atom is -0.480 e. The topological polar surface area (TPSA) is 76.2 Å². The van der Waals surface area contributed by atoms with E-state index in [1.807, 2.05) is 6.07 Å². The Labute approximate surface area is 78.4 Å². The molecule has 1 rings (SSSR count). The van der Waals surface area contributed by atoms with Gasteiger partial charge in [-0.05, 0) is 23.4 Å². The Morgan fingerprint density at radius 2 is 2.38 bits per heavy atom. The second kappa shape index (κ2) is 4.30. The molecule has 70 valence electrons. The normalized spacial score (nSPS) is 12.5. The number of carboxylic acid groups (broad SMARTS) is 1. The Bertz CT molecular complexity index is 317. The SMILES string of the molecule is NC(Cc1cncc(P)c1)C(=O)O. The van der Waals surface area contributed by atoms with Crippen molar-refractivity contribution in [1.82, 2.24) is 4.98 Å². The van der Waals surface area contributed by atoms with Gasteiger partial charge >= 0.3 is 5.97 Å². The summed E-state index contributed by atoms with van der Waals surface area (Å²) in [4.78, 5) is 14.4. The van der Waals surface area contributed by atoms with E-state index in [2.05, 4.69) is 14.2 Å². The fraction of sp³-hybridized carbons (Fsp3) is 0.250. The van der Waals surface area contributed by atoms with Gasteiger partial charge in [-0.3, -0.25) is 9.78 Å². The number of rotatable bonds is 3. The lowest BCUT2D eigenvalue weighted by molar-refractivity contribution is -0.138. The van der Waals surface area contributed by atoms with Crippen LogP contribution in [-0.4, -0.2) is 22.1 Å². The van der Waals surface area contributed by atoms with Gasteiger partial charge in [-0.2, -0.15) is 0 Å². The first-order valence-electron chi connectivity index (χ1n) is 3.77. The number of carboxylic acids is 1. The number of nitrogens with two attached hydrogens (primary N) is 1. The zero-order valence-corrected chi connectivity index (χ0v) is 8.13. The average molecular weight is 198 g/mol. The van der Waals surface area contributed by atoms with Gasteiger partial charge in [0.05, 0.1) is 0 Å². The third-order valence-electron chi connectivity index (χ3n) is 1.59. The second-order valence-corrected chi connectivity index (χ2v) is 3.44.